The quantitative estimate of drug-likeness (QED) is 0.806. The molecular weight excluding hydrogens is 356 g/mol. The largest absolute Gasteiger partial charge is 0.366 e. The fourth-order valence-corrected chi connectivity index (χ4v) is 3.74. The van der Waals surface area contributed by atoms with Gasteiger partial charge in [0.2, 0.25) is 0 Å². The van der Waals surface area contributed by atoms with E-state index in [1.54, 1.807) is 29.2 Å². The first kappa shape index (κ1) is 17.6. The number of hydrogen-bond donors (Lipinski definition) is 2. The van der Waals surface area contributed by atoms with E-state index >= 15 is 0 Å². The zero-order chi connectivity index (χ0) is 19.8. The van der Waals surface area contributed by atoms with Crippen molar-refractivity contribution in [2.24, 2.45) is 5.73 Å². The minimum atomic E-state index is -0.635. The van der Waals surface area contributed by atoms with Crippen molar-refractivity contribution in [3.63, 3.8) is 0 Å². The molecule has 28 heavy (non-hydrogen) atoms. The van der Waals surface area contributed by atoms with Crippen LogP contribution in [0.2, 0.25) is 0 Å². The number of nitrogens with two attached hydrogens (primary N) is 1. The molecule has 1 aromatic carbocycles. The van der Waals surface area contributed by atoms with E-state index in [4.69, 9.17) is 12.3 Å². The van der Waals surface area contributed by atoms with E-state index in [0.29, 0.717) is 41.6 Å². The number of benzene rings is 1. The Morgan fingerprint density at radius 3 is 2.54 bits per heavy atom. The van der Waals surface area contributed by atoms with Crippen LogP contribution in [-0.4, -0.2) is 28.0 Å². The third-order valence-electron chi connectivity index (χ3n) is 5.20. The van der Waals surface area contributed by atoms with Gasteiger partial charge in [0.05, 0.1) is 29.9 Å². The minimum Gasteiger partial charge on any atom is -0.366 e. The first-order valence-electron chi connectivity index (χ1n) is 9.02. The lowest BCUT2D eigenvalue weighted by atomic mass is 10.1. The number of aromatic nitrogens is 1. The summed E-state index contributed by atoms with van der Waals surface area (Å²) in [5.74, 6) is -0.341. The van der Waals surface area contributed by atoms with Gasteiger partial charge in [0.25, 0.3) is 5.91 Å². The second-order valence-electron chi connectivity index (χ2n) is 6.99. The van der Waals surface area contributed by atoms with Crippen LogP contribution in [0.5, 0.6) is 0 Å². The summed E-state index contributed by atoms with van der Waals surface area (Å²) in [6.07, 6.45) is 2.00. The molecule has 0 saturated heterocycles. The van der Waals surface area contributed by atoms with Gasteiger partial charge in [-0.25, -0.2) is 9.64 Å². The van der Waals surface area contributed by atoms with Crippen LogP contribution in [0.3, 0.4) is 0 Å². The number of nitriles is 1. The summed E-state index contributed by atoms with van der Waals surface area (Å²) in [4.78, 5) is 29.7. The van der Waals surface area contributed by atoms with Crippen molar-refractivity contribution in [1.82, 2.24) is 9.47 Å². The van der Waals surface area contributed by atoms with Crippen molar-refractivity contribution < 1.29 is 9.59 Å². The molecule has 3 amide bonds. The highest BCUT2D eigenvalue weighted by Crippen LogP contribution is 2.44. The predicted octanol–water partition coefficient (Wildman–Crippen LogP) is 2.93. The Morgan fingerprint density at radius 2 is 1.96 bits per heavy atom. The molecule has 0 radical (unpaired) electrons. The molecule has 1 aromatic heterocycles. The molecule has 2 aromatic rings. The van der Waals surface area contributed by atoms with Crippen molar-refractivity contribution in [2.45, 2.75) is 31.8 Å². The van der Waals surface area contributed by atoms with Crippen LogP contribution in [0, 0.1) is 17.9 Å². The van der Waals surface area contributed by atoms with Gasteiger partial charge in [0, 0.05) is 30.4 Å². The summed E-state index contributed by atoms with van der Waals surface area (Å²) < 4.78 is 2.00. The molecular formula is C20H18N6O2. The molecule has 4 rings (SSSR count). The lowest BCUT2D eigenvalue weighted by Gasteiger charge is -2.30. The number of primary amides is 1. The molecule has 0 spiro atoms. The highest BCUT2D eigenvalue weighted by atomic mass is 16.2. The minimum absolute atomic E-state index is 0.214. The van der Waals surface area contributed by atoms with Crippen molar-refractivity contribution >= 4 is 23.3 Å². The third-order valence-corrected chi connectivity index (χ3v) is 5.20. The Kier molecular flexibility index (Phi) is 4.25. The second-order valence-corrected chi connectivity index (χ2v) is 6.99. The van der Waals surface area contributed by atoms with Gasteiger partial charge in [0.1, 0.15) is 6.07 Å². The third kappa shape index (κ3) is 2.95. The number of anilines is 1. The molecule has 3 N–H and O–H groups in total. The van der Waals surface area contributed by atoms with E-state index < -0.39 is 5.91 Å². The average molecular weight is 374 g/mol. The van der Waals surface area contributed by atoms with Gasteiger partial charge in [-0.15, -0.1) is 0 Å². The molecule has 1 aliphatic heterocycles. The summed E-state index contributed by atoms with van der Waals surface area (Å²) in [5, 5.41) is 12.4. The molecule has 0 bridgehead atoms. The number of rotatable bonds is 3. The molecule has 8 heteroatoms. The first-order chi connectivity index (χ1) is 13.5. The van der Waals surface area contributed by atoms with Gasteiger partial charge < -0.3 is 20.5 Å². The number of nitrogens with zero attached hydrogens (tertiary/aromatic N) is 4. The maximum Gasteiger partial charge on any atom is 0.322 e. The molecule has 1 saturated carbocycles. The predicted molar refractivity (Wildman–Crippen MR) is 102 cm³/mol. The van der Waals surface area contributed by atoms with Crippen molar-refractivity contribution in [3.8, 4) is 6.07 Å². The number of fused-ring (bicyclic) bond motifs is 1. The highest BCUT2D eigenvalue weighted by molar-refractivity contribution is 5.98. The van der Waals surface area contributed by atoms with Crippen LogP contribution in [0.1, 0.15) is 46.1 Å². The number of amides is 3. The molecule has 2 heterocycles. The zero-order valence-electron chi connectivity index (χ0n) is 15.1. The number of urea groups is 1. The summed E-state index contributed by atoms with van der Waals surface area (Å²) >= 11 is 0. The second kappa shape index (κ2) is 6.75. The maximum absolute atomic E-state index is 12.7. The van der Waals surface area contributed by atoms with Crippen molar-refractivity contribution in [2.75, 3.05) is 11.9 Å². The van der Waals surface area contributed by atoms with Crippen LogP contribution in [0.4, 0.5) is 16.2 Å². The topological polar surface area (TPSA) is 109 Å². The van der Waals surface area contributed by atoms with Crippen molar-refractivity contribution in [3.05, 3.63) is 58.2 Å². The fraction of sp³-hybridized carbons (Fsp3) is 0.300. The van der Waals surface area contributed by atoms with Gasteiger partial charge in [-0.2, -0.15) is 5.26 Å². The van der Waals surface area contributed by atoms with Crippen LogP contribution >= 0.6 is 0 Å². The monoisotopic (exact) mass is 374 g/mol. The van der Waals surface area contributed by atoms with Gasteiger partial charge in [-0.05, 0) is 25.0 Å². The Labute approximate surface area is 162 Å². The van der Waals surface area contributed by atoms with Crippen LogP contribution in [0.15, 0.2) is 24.3 Å². The summed E-state index contributed by atoms with van der Waals surface area (Å²) in [6, 6.07) is 8.47. The standard InChI is InChI=1S/C20H18N6O2/c1-23-13-4-6-14(7-5-13)24-20(28)25-8-9-26-16(11-25)17(19(22)27)15(10-21)18(26)12-2-3-12/h4-7,12H,2-3,8-9,11H2,(H2,22,27)(H,24,28). The van der Waals surface area contributed by atoms with E-state index in [-0.39, 0.29) is 18.1 Å². The van der Waals surface area contributed by atoms with Gasteiger partial charge >= 0.3 is 6.03 Å². The molecule has 140 valence electrons. The smallest absolute Gasteiger partial charge is 0.322 e. The fourth-order valence-electron chi connectivity index (χ4n) is 3.74. The number of carbonyl (C=O) groups is 2. The number of hydrogen-bond acceptors (Lipinski definition) is 3. The molecule has 0 unspecified atom stereocenters. The van der Waals surface area contributed by atoms with E-state index in [2.05, 4.69) is 16.2 Å². The van der Waals surface area contributed by atoms with E-state index in [1.165, 1.54) is 0 Å². The van der Waals surface area contributed by atoms with Crippen molar-refractivity contribution in [1.29, 1.82) is 5.26 Å². The van der Waals surface area contributed by atoms with Crippen LogP contribution in [0.25, 0.3) is 4.85 Å². The maximum atomic E-state index is 12.7. The van der Waals surface area contributed by atoms with Gasteiger partial charge in [0.15, 0.2) is 5.69 Å². The molecule has 8 nitrogen and oxygen atoms in total. The summed E-state index contributed by atoms with van der Waals surface area (Å²) in [6.45, 7) is 8.18. The lowest BCUT2D eigenvalue weighted by molar-refractivity contribution is 0.0997. The SMILES string of the molecule is [C-]#[N+]c1ccc(NC(=O)N2CCn3c(c(C(N)=O)c(C#N)c3C3CC3)C2)cc1. The van der Waals surface area contributed by atoms with E-state index in [0.717, 1.165) is 18.5 Å². The Bertz CT molecular complexity index is 1050. The molecule has 1 aliphatic carbocycles. The Morgan fingerprint density at radius 1 is 1.25 bits per heavy atom. The van der Waals surface area contributed by atoms with Crippen LogP contribution < -0.4 is 11.1 Å². The first-order valence-corrected chi connectivity index (χ1v) is 9.02. The zero-order valence-corrected chi connectivity index (χ0v) is 15.1. The summed E-state index contributed by atoms with van der Waals surface area (Å²) in [5.41, 5.74) is 8.79. The Hall–Kier alpha value is -3.78. The highest BCUT2D eigenvalue weighted by Gasteiger charge is 2.37. The van der Waals surface area contributed by atoms with Gasteiger partial charge in [-0.3, -0.25) is 4.79 Å². The van der Waals surface area contributed by atoms with E-state index in [1.807, 2.05) is 4.57 Å². The molecule has 0 atom stereocenters. The Balaban J connectivity index is 1.60. The molecule has 2 aliphatic rings. The van der Waals surface area contributed by atoms with E-state index in [9.17, 15) is 14.9 Å². The van der Waals surface area contributed by atoms with Crippen LogP contribution in [-0.2, 0) is 13.1 Å². The normalized spacial score (nSPS) is 15.3. The number of nitrogens with one attached hydrogen (secondary N) is 1. The summed E-state index contributed by atoms with van der Waals surface area (Å²) in [7, 11) is 0. The lowest BCUT2D eigenvalue weighted by Crippen LogP contribution is -2.41. The number of carbonyl (C=O) groups excluding carboxylic acids is 2. The average Bonchev–Trinajstić information content (AvgIpc) is 3.48. The molecule has 1 fully saturated rings. The van der Waals surface area contributed by atoms with Gasteiger partial charge in [-0.1, -0.05) is 12.1 Å².